The Labute approximate surface area is 414 Å². The Kier molecular flexibility index (Phi) is 15.3. The van der Waals surface area contributed by atoms with Crippen LogP contribution in [0.5, 0.6) is 5.75 Å². The number of aliphatic hydroxyl groups is 1. The Hall–Kier alpha value is -5.77. The van der Waals surface area contributed by atoms with Crippen molar-refractivity contribution < 1.29 is 33.8 Å². The number of halogens is 1. The third kappa shape index (κ3) is 11.0. The van der Waals surface area contributed by atoms with Crippen molar-refractivity contribution in [2.24, 2.45) is 16.2 Å². The lowest BCUT2D eigenvalue weighted by atomic mass is 9.49. The molecule has 13 nitrogen and oxygen atoms in total. The SMILES string of the molecule is Cc1ncsc1-c1ccc([C@H](C)NC(=O)[C@H]2C[C@@H](O)CN2C(=O)C(NC(=O)COCCCCC#Cc2ccc3c(c2)C(=O)N(C2C(C)(C)C(Oc4ccc(C#N)c(Cl)c4)C2(C)C)C3)C(C)(C)C)cc1. The second kappa shape index (κ2) is 20.7. The zero-order chi connectivity index (χ0) is 50.0. The summed E-state index contributed by atoms with van der Waals surface area (Å²) in [6.45, 7) is 18.4. The monoisotopic (exact) mass is 974 g/mol. The summed E-state index contributed by atoms with van der Waals surface area (Å²) in [6.07, 6.45) is 0.998. The highest BCUT2D eigenvalue weighted by atomic mass is 35.5. The quantitative estimate of drug-likeness (QED) is 0.0781. The number of amides is 4. The lowest BCUT2D eigenvalue weighted by Gasteiger charge is -2.65. The van der Waals surface area contributed by atoms with E-state index in [4.69, 9.17) is 21.1 Å². The van der Waals surface area contributed by atoms with Gasteiger partial charge in [0.25, 0.3) is 5.91 Å². The van der Waals surface area contributed by atoms with Gasteiger partial charge in [0, 0.05) is 66.6 Å². The molecule has 4 atom stereocenters. The molecule has 4 aromatic rings. The van der Waals surface area contributed by atoms with Gasteiger partial charge in [-0.2, -0.15) is 5.26 Å². The number of likely N-dealkylation sites (tertiary alicyclic amines) is 1. The summed E-state index contributed by atoms with van der Waals surface area (Å²) in [5, 5.41) is 26.1. The van der Waals surface area contributed by atoms with Crippen LogP contribution in [0.1, 0.15) is 125 Å². The van der Waals surface area contributed by atoms with E-state index in [2.05, 4.69) is 61.2 Å². The van der Waals surface area contributed by atoms with Crippen LogP contribution in [0.3, 0.4) is 0 Å². The number of carbonyl (C=O) groups excluding carboxylic acids is 4. The summed E-state index contributed by atoms with van der Waals surface area (Å²) in [4.78, 5) is 63.6. The molecular weight excluding hydrogens is 912 g/mol. The Morgan fingerprint density at radius 1 is 1.03 bits per heavy atom. The Bertz CT molecular complexity index is 2680. The topological polar surface area (TPSA) is 174 Å². The smallest absolute Gasteiger partial charge is 0.254 e. The van der Waals surface area contributed by atoms with Gasteiger partial charge in [-0.15, -0.1) is 11.3 Å². The summed E-state index contributed by atoms with van der Waals surface area (Å²) in [7, 11) is 0. The number of β-amino-alcohol motifs (C(OH)–C–C–N with tert-alkyl or cyclic N) is 1. The molecule has 2 aliphatic heterocycles. The van der Waals surface area contributed by atoms with E-state index in [1.54, 1.807) is 29.5 Å². The van der Waals surface area contributed by atoms with Crippen molar-refractivity contribution in [3.8, 4) is 34.1 Å². The van der Waals surface area contributed by atoms with Crippen LogP contribution < -0.4 is 15.4 Å². The molecule has 1 unspecified atom stereocenters. The van der Waals surface area contributed by atoms with Crippen LogP contribution >= 0.6 is 22.9 Å². The van der Waals surface area contributed by atoms with Crippen LogP contribution in [0.15, 0.2) is 66.2 Å². The molecule has 1 saturated heterocycles. The number of carbonyl (C=O) groups is 4. The molecule has 1 aliphatic carbocycles. The van der Waals surface area contributed by atoms with Gasteiger partial charge in [0.1, 0.15) is 36.6 Å². The number of thiazole rings is 1. The number of aliphatic hydroxyl groups excluding tert-OH is 1. The molecule has 69 heavy (non-hydrogen) atoms. The van der Waals surface area contributed by atoms with Crippen molar-refractivity contribution in [2.75, 3.05) is 19.8 Å². The first-order valence-corrected chi connectivity index (χ1v) is 24.8. The number of hydrogen-bond acceptors (Lipinski definition) is 10. The van der Waals surface area contributed by atoms with Crippen molar-refractivity contribution in [1.29, 1.82) is 5.26 Å². The molecule has 1 saturated carbocycles. The van der Waals surface area contributed by atoms with Gasteiger partial charge in [-0.25, -0.2) is 4.98 Å². The molecule has 0 radical (unpaired) electrons. The molecule has 0 spiro atoms. The van der Waals surface area contributed by atoms with E-state index in [9.17, 15) is 29.5 Å². The summed E-state index contributed by atoms with van der Waals surface area (Å²) in [6, 6.07) is 18.6. The van der Waals surface area contributed by atoms with Crippen LogP contribution in [-0.2, 0) is 25.7 Å². The highest BCUT2D eigenvalue weighted by Crippen LogP contribution is 2.59. The molecule has 2 fully saturated rings. The van der Waals surface area contributed by atoms with E-state index in [0.717, 1.165) is 39.2 Å². The maximum Gasteiger partial charge on any atom is 0.254 e. The van der Waals surface area contributed by atoms with Gasteiger partial charge in [-0.3, -0.25) is 19.2 Å². The summed E-state index contributed by atoms with van der Waals surface area (Å²) in [5.41, 5.74) is 6.06. The molecule has 15 heteroatoms. The van der Waals surface area contributed by atoms with Crippen molar-refractivity contribution in [3.05, 3.63) is 105 Å². The van der Waals surface area contributed by atoms with E-state index in [-0.39, 0.29) is 60.4 Å². The van der Waals surface area contributed by atoms with Crippen LogP contribution in [0.2, 0.25) is 5.02 Å². The fourth-order valence-corrected chi connectivity index (χ4v) is 11.6. The normalized spacial score (nSPS) is 21.0. The number of fused-ring (bicyclic) bond motifs is 1. The second-order valence-corrected chi connectivity index (χ2v) is 22.1. The molecule has 3 N–H and O–H groups in total. The highest BCUT2D eigenvalue weighted by molar-refractivity contribution is 7.13. The van der Waals surface area contributed by atoms with Crippen LogP contribution in [0, 0.1) is 46.3 Å². The predicted octanol–water partition coefficient (Wildman–Crippen LogP) is 8.39. The number of unbranched alkanes of at least 4 members (excludes halogenated alkanes) is 2. The minimum Gasteiger partial charge on any atom is -0.489 e. The molecule has 0 bridgehead atoms. The number of aromatic nitrogens is 1. The fraction of sp³-hybridized carbons (Fsp3) is 0.481. The molecule has 364 valence electrons. The van der Waals surface area contributed by atoms with Gasteiger partial charge < -0.3 is 35.0 Å². The molecule has 7 rings (SSSR count). The van der Waals surface area contributed by atoms with E-state index in [1.165, 1.54) is 4.90 Å². The molecule has 3 aromatic carbocycles. The second-order valence-electron chi connectivity index (χ2n) is 20.8. The minimum absolute atomic E-state index is 0.0201. The minimum atomic E-state index is -0.965. The Balaban J connectivity index is 0.850. The fourth-order valence-electron chi connectivity index (χ4n) is 10.6. The van der Waals surface area contributed by atoms with Gasteiger partial charge in [-0.05, 0) is 73.1 Å². The molecule has 3 heterocycles. The lowest BCUT2D eigenvalue weighted by molar-refractivity contribution is -0.199. The first-order chi connectivity index (χ1) is 32.6. The molecule has 1 aromatic heterocycles. The van der Waals surface area contributed by atoms with Crippen molar-refractivity contribution in [1.82, 2.24) is 25.4 Å². The maximum absolute atomic E-state index is 14.1. The van der Waals surface area contributed by atoms with E-state index >= 15 is 0 Å². The maximum atomic E-state index is 14.1. The zero-order valence-electron chi connectivity index (χ0n) is 40.9. The molecule has 4 amide bonds. The number of nitrogens with zero attached hydrogens (tertiary/aromatic N) is 4. The average molecular weight is 976 g/mol. The standard InChI is InChI=1S/C54H63ClN6O7S/c1-32(35-17-19-36(20-18-35)45-33(2)57-31-69-45)58-47(64)43-25-39(62)29-60(43)49(66)46(52(3,4)5)59-44(63)30-67-23-13-11-10-12-14-34-15-16-38-28-61(48(65)41(38)24-34)50-53(6,7)51(54(50,8)9)68-40-22-21-37(27-56)42(55)26-40/h15-22,24,26,31-32,39,43,46,50-51,62H,10-11,13,23,25,28-30H2,1-9H3,(H,58,64)(H,59,63)/t32-,39+,43+,46?,50?,51?/m0/s1. The number of ether oxygens (including phenoxy) is 2. The third-order valence-corrected chi connectivity index (χ3v) is 15.0. The van der Waals surface area contributed by atoms with E-state index < -0.39 is 35.4 Å². The zero-order valence-corrected chi connectivity index (χ0v) is 42.5. The number of rotatable bonds is 15. The van der Waals surface area contributed by atoms with Crippen LogP contribution in [0.4, 0.5) is 0 Å². The van der Waals surface area contributed by atoms with Gasteiger partial charge in [-0.1, -0.05) is 102 Å². The molecular formula is C54H63ClN6O7S. The summed E-state index contributed by atoms with van der Waals surface area (Å²) >= 11 is 7.86. The first kappa shape index (κ1) is 51.1. The Morgan fingerprint density at radius 3 is 2.41 bits per heavy atom. The van der Waals surface area contributed by atoms with Gasteiger partial charge in [0.15, 0.2) is 0 Å². The van der Waals surface area contributed by atoms with Crippen molar-refractivity contribution in [2.45, 2.75) is 131 Å². The van der Waals surface area contributed by atoms with Gasteiger partial charge >= 0.3 is 0 Å². The van der Waals surface area contributed by atoms with Gasteiger partial charge in [0.2, 0.25) is 17.7 Å². The lowest BCUT2D eigenvalue weighted by Crippen LogP contribution is -2.74. The number of hydrogen-bond donors (Lipinski definition) is 3. The van der Waals surface area contributed by atoms with Crippen molar-refractivity contribution >= 4 is 46.6 Å². The largest absolute Gasteiger partial charge is 0.489 e. The van der Waals surface area contributed by atoms with E-state index in [0.29, 0.717) is 47.9 Å². The average Bonchev–Trinajstić information content (AvgIpc) is 4.00. The highest BCUT2D eigenvalue weighted by Gasteiger charge is 2.67. The van der Waals surface area contributed by atoms with E-state index in [1.807, 2.05) is 87.5 Å². The summed E-state index contributed by atoms with van der Waals surface area (Å²) in [5.74, 6) is 5.72. The molecule has 3 aliphatic rings. The van der Waals surface area contributed by atoms with Gasteiger partial charge in [0.05, 0.1) is 38.8 Å². The predicted molar refractivity (Wildman–Crippen MR) is 266 cm³/mol. The van der Waals surface area contributed by atoms with Crippen LogP contribution in [0.25, 0.3) is 10.4 Å². The third-order valence-electron chi connectivity index (χ3n) is 13.7. The van der Waals surface area contributed by atoms with Crippen molar-refractivity contribution in [3.63, 3.8) is 0 Å². The number of aryl methyl sites for hydroxylation is 1. The summed E-state index contributed by atoms with van der Waals surface area (Å²) < 4.78 is 12.2. The number of nitrogens with one attached hydrogen (secondary N) is 2. The van der Waals surface area contributed by atoms with Crippen LogP contribution in [-0.4, -0.2) is 93.6 Å². The number of nitriles is 1. The Morgan fingerprint density at radius 2 is 1.75 bits per heavy atom. The first-order valence-electron chi connectivity index (χ1n) is 23.6. The number of benzene rings is 3.